The number of rotatable bonds is 0. The van der Waals surface area contributed by atoms with E-state index in [0.29, 0.717) is 11.1 Å². The van der Waals surface area contributed by atoms with Gasteiger partial charge in [0.1, 0.15) is 0 Å². The molecule has 2 heterocycles. The van der Waals surface area contributed by atoms with Crippen LogP contribution in [-0.4, -0.2) is 18.4 Å². The Morgan fingerprint density at radius 1 is 0.955 bits per heavy atom. The maximum absolute atomic E-state index is 11.2. The van der Waals surface area contributed by atoms with E-state index in [1.807, 2.05) is 13.0 Å². The predicted octanol–water partition coefficient (Wildman–Crippen LogP) is 2.31. The van der Waals surface area contributed by atoms with Crippen molar-refractivity contribution in [3.63, 3.8) is 0 Å². The van der Waals surface area contributed by atoms with Gasteiger partial charge in [0.25, 0.3) is 11.8 Å². The SMILES string of the molecule is Cc1cccc2c1C(=O)NC2=O.c1ccc2c(c1)C1CNC21. The molecular formula is C18H16N2O2. The average Bonchev–Trinajstić information content (AvgIpc) is 2.77. The maximum Gasteiger partial charge on any atom is 0.259 e. The van der Waals surface area contributed by atoms with Crippen LogP contribution in [-0.2, 0) is 0 Å². The fourth-order valence-corrected chi connectivity index (χ4v) is 3.40. The van der Waals surface area contributed by atoms with Crippen molar-refractivity contribution >= 4 is 11.8 Å². The lowest BCUT2D eigenvalue weighted by Gasteiger charge is -2.49. The van der Waals surface area contributed by atoms with Gasteiger partial charge in [-0.25, -0.2) is 0 Å². The van der Waals surface area contributed by atoms with Gasteiger partial charge in [0.2, 0.25) is 0 Å². The molecule has 2 aromatic carbocycles. The second kappa shape index (κ2) is 4.78. The topological polar surface area (TPSA) is 58.2 Å². The zero-order chi connectivity index (χ0) is 15.3. The number of amides is 2. The van der Waals surface area contributed by atoms with Crippen molar-refractivity contribution < 1.29 is 9.59 Å². The normalized spacial score (nSPS) is 23.0. The van der Waals surface area contributed by atoms with E-state index in [2.05, 4.69) is 34.9 Å². The third-order valence-corrected chi connectivity index (χ3v) is 4.66. The van der Waals surface area contributed by atoms with E-state index < -0.39 is 0 Å². The molecule has 2 aromatic rings. The van der Waals surface area contributed by atoms with Gasteiger partial charge in [-0.2, -0.15) is 0 Å². The highest BCUT2D eigenvalue weighted by molar-refractivity contribution is 6.22. The van der Waals surface area contributed by atoms with Crippen LogP contribution >= 0.6 is 0 Å². The Morgan fingerprint density at radius 3 is 2.36 bits per heavy atom. The standard InChI is InChI=1S/C9H7NO2.C9H9N/c1-5-3-2-4-6-7(5)9(12)10-8(6)11;1-2-4-7-6(3-1)8-5-10-9(7)8/h2-4H,1H3,(H,10,11,12);1-4,8-10H,5H2. The van der Waals surface area contributed by atoms with Crippen molar-refractivity contribution in [2.75, 3.05) is 6.54 Å². The third kappa shape index (κ3) is 1.81. The number of fused-ring (bicyclic) bond motifs is 5. The molecule has 2 N–H and O–H groups in total. The number of carbonyl (C=O) groups is 2. The lowest BCUT2D eigenvalue weighted by Crippen LogP contribution is -2.50. The summed E-state index contributed by atoms with van der Waals surface area (Å²) in [6.07, 6.45) is 0. The summed E-state index contributed by atoms with van der Waals surface area (Å²) in [5.74, 6) is 0.281. The molecule has 0 radical (unpaired) electrons. The quantitative estimate of drug-likeness (QED) is 0.733. The van der Waals surface area contributed by atoms with Crippen LogP contribution in [0.3, 0.4) is 0 Å². The summed E-state index contributed by atoms with van der Waals surface area (Å²) < 4.78 is 0. The number of carbonyl (C=O) groups excluding carboxylic acids is 2. The molecule has 4 heteroatoms. The second-order valence-corrected chi connectivity index (χ2v) is 5.90. The Kier molecular flexibility index (Phi) is 2.87. The van der Waals surface area contributed by atoms with Crippen LogP contribution in [0.4, 0.5) is 0 Å². The van der Waals surface area contributed by atoms with Gasteiger partial charge in [0.05, 0.1) is 11.1 Å². The van der Waals surface area contributed by atoms with E-state index in [9.17, 15) is 9.59 Å². The molecule has 1 saturated heterocycles. The first-order chi connectivity index (χ1) is 10.7. The largest absolute Gasteiger partial charge is 0.309 e. The van der Waals surface area contributed by atoms with Gasteiger partial charge in [-0.3, -0.25) is 14.9 Å². The smallest absolute Gasteiger partial charge is 0.259 e. The lowest BCUT2D eigenvalue weighted by atomic mass is 9.68. The van der Waals surface area contributed by atoms with Crippen LogP contribution in [0.25, 0.3) is 0 Å². The fourth-order valence-electron chi connectivity index (χ4n) is 3.40. The van der Waals surface area contributed by atoms with Crippen LogP contribution in [0, 0.1) is 6.92 Å². The summed E-state index contributed by atoms with van der Waals surface area (Å²) >= 11 is 0. The summed E-state index contributed by atoms with van der Waals surface area (Å²) in [6.45, 7) is 3.01. The molecule has 2 amide bonds. The lowest BCUT2D eigenvalue weighted by molar-refractivity contribution is 0.0879. The van der Waals surface area contributed by atoms with Crippen LogP contribution in [0.2, 0.25) is 0 Å². The zero-order valence-electron chi connectivity index (χ0n) is 12.2. The molecule has 2 aliphatic heterocycles. The Balaban J connectivity index is 0.000000115. The molecule has 22 heavy (non-hydrogen) atoms. The highest BCUT2D eigenvalue weighted by Crippen LogP contribution is 2.49. The van der Waals surface area contributed by atoms with Crippen LogP contribution in [0.15, 0.2) is 42.5 Å². The number of hydrogen-bond donors (Lipinski definition) is 2. The highest BCUT2D eigenvalue weighted by atomic mass is 16.2. The van der Waals surface area contributed by atoms with Gasteiger partial charge in [-0.15, -0.1) is 0 Å². The second-order valence-electron chi connectivity index (χ2n) is 5.90. The van der Waals surface area contributed by atoms with Crippen molar-refractivity contribution in [1.29, 1.82) is 0 Å². The first kappa shape index (κ1) is 13.2. The van der Waals surface area contributed by atoms with Crippen LogP contribution < -0.4 is 10.6 Å². The molecule has 4 nitrogen and oxygen atoms in total. The fraction of sp³-hybridized carbons (Fsp3) is 0.222. The van der Waals surface area contributed by atoms with Crippen molar-refractivity contribution in [2.24, 2.45) is 0 Å². The first-order valence-corrected chi connectivity index (χ1v) is 7.44. The van der Waals surface area contributed by atoms with E-state index in [0.717, 1.165) is 17.5 Å². The summed E-state index contributed by atoms with van der Waals surface area (Å²) in [5.41, 5.74) is 4.95. The Bertz CT molecular complexity index is 768. The highest BCUT2D eigenvalue weighted by Gasteiger charge is 2.43. The van der Waals surface area contributed by atoms with Gasteiger partial charge >= 0.3 is 0 Å². The molecule has 110 valence electrons. The van der Waals surface area contributed by atoms with Gasteiger partial charge in [-0.05, 0) is 29.7 Å². The number of hydrogen-bond acceptors (Lipinski definition) is 3. The zero-order valence-corrected chi connectivity index (χ0v) is 12.2. The first-order valence-electron chi connectivity index (χ1n) is 7.44. The molecule has 0 aromatic heterocycles. The van der Waals surface area contributed by atoms with E-state index >= 15 is 0 Å². The van der Waals surface area contributed by atoms with Crippen molar-refractivity contribution in [3.05, 3.63) is 70.3 Å². The van der Waals surface area contributed by atoms with Gasteiger partial charge < -0.3 is 5.32 Å². The molecule has 1 aliphatic carbocycles. The van der Waals surface area contributed by atoms with E-state index in [1.54, 1.807) is 17.7 Å². The Hall–Kier alpha value is -2.46. The Morgan fingerprint density at radius 2 is 1.73 bits per heavy atom. The molecule has 5 rings (SSSR count). The number of nitrogens with one attached hydrogen (secondary N) is 2. The summed E-state index contributed by atoms with van der Waals surface area (Å²) in [7, 11) is 0. The summed E-state index contributed by atoms with van der Waals surface area (Å²) in [4.78, 5) is 22.3. The van der Waals surface area contributed by atoms with Crippen molar-refractivity contribution in [2.45, 2.75) is 18.9 Å². The monoisotopic (exact) mass is 292 g/mol. The molecule has 3 aliphatic rings. The molecule has 0 bridgehead atoms. The van der Waals surface area contributed by atoms with E-state index in [1.165, 1.54) is 12.1 Å². The number of aryl methyl sites for hydroxylation is 1. The van der Waals surface area contributed by atoms with Crippen molar-refractivity contribution in [1.82, 2.24) is 10.6 Å². The summed E-state index contributed by atoms with van der Waals surface area (Å²) in [6, 6.07) is 14.7. The molecule has 1 fully saturated rings. The maximum atomic E-state index is 11.2. The molecule has 0 spiro atoms. The number of imide groups is 1. The minimum atomic E-state index is -0.293. The van der Waals surface area contributed by atoms with Crippen LogP contribution in [0.1, 0.15) is 49.4 Å². The molecule has 2 unspecified atom stereocenters. The Labute approximate surface area is 128 Å². The van der Waals surface area contributed by atoms with Crippen LogP contribution in [0.5, 0.6) is 0 Å². The van der Waals surface area contributed by atoms with Gasteiger partial charge in [0, 0.05) is 18.5 Å². The molecule has 0 saturated carbocycles. The average molecular weight is 292 g/mol. The third-order valence-electron chi connectivity index (χ3n) is 4.66. The predicted molar refractivity (Wildman–Crippen MR) is 82.9 cm³/mol. The summed E-state index contributed by atoms with van der Waals surface area (Å²) in [5, 5.41) is 5.65. The van der Waals surface area contributed by atoms with E-state index in [-0.39, 0.29) is 11.8 Å². The number of benzene rings is 2. The van der Waals surface area contributed by atoms with Gasteiger partial charge in [0.15, 0.2) is 0 Å². The minimum Gasteiger partial charge on any atom is -0.309 e. The van der Waals surface area contributed by atoms with Crippen molar-refractivity contribution in [3.8, 4) is 0 Å². The minimum absolute atomic E-state index is 0.284. The molecule has 2 atom stereocenters. The van der Waals surface area contributed by atoms with Gasteiger partial charge in [-0.1, -0.05) is 36.4 Å². The molecular weight excluding hydrogens is 276 g/mol. The van der Waals surface area contributed by atoms with E-state index in [4.69, 9.17) is 0 Å².